The van der Waals surface area contributed by atoms with E-state index in [1.54, 1.807) is 47.4 Å². The van der Waals surface area contributed by atoms with Gasteiger partial charge in [0.05, 0.1) is 18.9 Å². The van der Waals surface area contributed by atoms with Gasteiger partial charge in [-0.3, -0.25) is 5.43 Å². The zero-order chi connectivity index (χ0) is 15.4. The maximum absolute atomic E-state index is 11.3. The molecule has 0 atom stereocenters. The molecule has 0 bridgehead atoms. The first-order valence-corrected chi connectivity index (χ1v) is 6.46. The van der Waals surface area contributed by atoms with Crippen LogP contribution in [0.2, 0.25) is 0 Å². The van der Waals surface area contributed by atoms with Crippen LogP contribution in [-0.2, 0) is 4.74 Å². The minimum absolute atomic E-state index is 0.365. The zero-order valence-corrected chi connectivity index (χ0v) is 11.7. The molecular formula is C14H13N6O2+. The quantitative estimate of drug-likeness (QED) is 0.321. The van der Waals surface area contributed by atoms with Gasteiger partial charge >= 0.3 is 11.6 Å². The molecule has 0 radical (unpaired) electrons. The van der Waals surface area contributed by atoms with Crippen molar-refractivity contribution in [1.29, 1.82) is 0 Å². The lowest BCUT2D eigenvalue weighted by atomic mass is 10.1. The van der Waals surface area contributed by atoms with Crippen molar-refractivity contribution in [3.63, 3.8) is 0 Å². The largest absolute Gasteiger partial charge is 0.465 e. The lowest BCUT2D eigenvalue weighted by molar-refractivity contribution is -0.579. The highest BCUT2D eigenvalue weighted by atomic mass is 16.5. The van der Waals surface area contributed by atoms with Gasteiger partial charge in [-0.15, -0.1) is 9.61 Å². The average molecular weight is 297 g/mol. The predicted octanol–water partition coefficient (Wildman–Crippen LogP) is 0.776. The van der Waals surface area contributed by atoms with Gasteiger partial charge in [0, 0.05) is 11.2 Å². The van der Waals surface area contributed by atoms with Crippen LogP contribution in [0.5, 0.6) is 0 Å². The van der Waals surface area contributed by atoms with Crippen molar-refractivity contribution >= 4 is 23.6 Å². The smallest absolute Gasteiger partial charge is 0.337 e. The second-order valence-electron chi connectivity index (χ2n) is 4.37. The molecule has 0 aliphatic heterocycles. The number of anilines is 1. The van der Waals surface area contributed by atoms with Crippen LogP contribution < -0.4 is 9.94 Å². The van der Waals surface area contributed by atoms with Crippen LogP contribution in [0.15, 0.2) is 47.8 Å². The molecule has 0 unspecified atom stereocenters. The normalized spacial score (nSPS) is 11.0. The van der Waals surface area contributed by atoms with Crippen molar-refractivity contribution in [3.05, 3.63) is 53.9 Å². The number of nitrogens with one attached hydrogen (secondary N) is 2. The van der Waals surface area contributed by atoms with Gasteiger partial charge < -0.3 is 4.74 Å². The van der Waals surface area contributed by atoms with Crippen LogP contribution in [-0.4, -0.2) is 34.6 Å². The molecule has 0 spiro atoms. The number of carbonyl (C=O) groups is 1. The van der Waals surface area contributed by atoms with E-state index in [4.69, 9.17) is 0 Å². The van der Waals surface area contributed by atoms with E-state index < -0.39 is 0 Å². The number of rotatable bonds is 4. The second kappa shape index (κ2) is 6.00. The van der Waals surface area contributed by atoms with Crippen molar-refractivity contribution in [2.75, 3.05) is 12.5 Å². The molecular weight excluding hydrogens is 284 g/mol. The third kappa shape index (κ3) is 2.90. The molecule has 0 saturated heterocycles. The Morgan fingerprint density at radius 1 is 1.32 bits per heavy atom. The summed E-state index contributed by atoms with van der Waals surface area (Å²) < 4.78 is 6.24. The van der Waals surface area contributed by atoms with Crippen LogP contribution in [0, 0.1) is 0 Å². The highest BCUT2D eigenvalue weighted by molar-refractivity contribution is 5.90. The molecule has 2 heterocycles. The Morgan fingerprint density at radius 3 is 2.91 bits per heavy atom. The molecule has 2 aromatic heterocycles. The molecule has 2 N–H and O–H groups in total. The van der Waals surface area contributed by atoms with E-state index in [1.807, 2.05) is 6.07 Å². The van der Waals surface area contributed by atoms with Crippen LogP contribution in [0.3, 0.4) is 0 Å². The summed E-state index contributed by atoms with van der Waals surface area (Å²) in [4.78, 5) is 11.3. The average Bonchev–Trinajstić information content (AvgIpc) is 3.02. The Labute approximate surface area is 125 Å². The van der Waals surface area contributed by atoms with Gasteiger partial charge in [-0.2, -0.15) is 5.10 Å². The topological polar surface area (TPSA) is 96.4 Å². The maximum Gasteiger partial charge on any atom is 0.337 e. The first kappa shape index (κ1) is 13.7. The van der Waals surface area contributed by atoms with E-state index in [0.29, 0.717) is 17.0 Å². The molecule has 8 heteroatoms. The molecule has 8 nitrogen and oxygen atoms in total. The Morgan fingerprint density at radius 2 is 2.14 bits per heavy atom. The summed E-state index contributed by atoms with van der Waals surface area (Å²) in [5.74, 6) is 0.220. The number of aromatic amines is 1. The number of esters is 1. The number of ether oxygens (including phenoxy) is 1. The fourth-order valence-corrected chi connectivity index (χ4v) is 1.82. The fourth-order valence-electron chi connectivity index (χ4n) is 1.82. The Kier molecular flexibility index (Phi) is 3.73. The Balaban J connectivity index is 1.67. The van der Waals surface area contributed by atoms with E-state index in [1.165, 1.54) is 7.11 Å². The molecule has 22 heavy (non-hydrogen) atoms. The standard InChI is InChI=1S/C14H12N6O2/c1-22-14(21)11-4-2-10(3-5-11)8-15-17-12-6-7-13-18-16-9-20(13)19-12/h2-9H,1H3,(H,17,19,21)/p+1. The zero-order valence-electron chi connectivity index (χ0n) is 11.7. The third-order valence-electron chi connectivity index (χ3n) is 2.92. The number of hydrogen-bond donors (Lipinski definition) is 2. The molecule has 3 rings (SSSR count). The lowest BCUT2D eigenvalue weighted by Gasteiger charge is -1.99. The fraction of sp³-hybridized carbons (Fsp3) is 0.0714. The summed E-state index contributed by atoms with van der Waals surface area (Å²) in [5, 5.41) is 15.1. The monoisotopic (exact) mass is 297 g/mol. The second-order valence-corrected chi connectivity index (χ2v) is 4.37. The van der Waals surface area contributed by atoms with Crippen molar-refractivity contribution in [2.24, 2.45) is 5.10 Å². The first-order chi connectivity index (χ1) is 10.8. The molecule has 3 aromatic rings. The van der Waals surface area contributed by atoms with E-state index >= 15 is 0 Å². The SMILES string of the molecule is COC(=O)c1ccc(C=NNc2ccc3n[nH]c[n+]3n2)cc1. The Hall–Kier alpha value is -3.29. The highest BCUT2D eigenvalue weighted by Gasteiger charge is 2.05. The van der Waals surface area contributed by atoms with Crippen LogP contribution in [0.1, 0.15) is 15.9 Å². The van der Waals surface area contributed by atoms with Crippen LogP contribution in [0.25, 0.3) is 5.65 Å². The molecule has 0 amide bonds. The maximum atomic E-state index is 11.3. The molecule has 0 aliphatic rings. The first-order valence-electron chi connectivity index (χ1n) is 6.46. The molecule has 0 aliphatic carbocycles. The molecule has 0 saturated carbocycles. The lowest BCUT2D eigenvalue weighted by Crippen LogP contribution is -2.24. The minimum atomic E-state index is -0.365. The van der Waals surface area contributed by atoms with Crippen molar-refractivity contribution in [3.8, 4) is 0 Å². The number of hydrogen-bond acceptors (Lipinski definition) is 6. The number of fused-ring (bicyclic) bond motifs is 1. The number of benzene rings is 1. The summed E-state index contributed by atoms with van der Waals surface area (Å²) in [6.45, 7) is 0. The van der Waals surface area contributed by atoms with Gasteiger partial charge in [-0.25, -0.2) is 4.79 Å². The van der Waals surface area contributed by atoms with Gasteiger partial charge in [0.1, 0.15) is 0 Å². The van der Waals surface area contributed by atoms with Gasteiger partial charge in [0.15, 0.2) is 5.82 Å². The van der Waals surface area contributed by atoms with Gasteiger partial charge in [0.25, 0.3) is 0 Å². The number of hydrazone groups is 1. The van der Waals surface area contributed by atoms with Crippen molar-refractivity contribution < 1.29 is 14.0 Å². The van der Waals surface area contributed by atoms with E-state index in [0.717, 1.165) is 5.56 Å². The molecule has 110 valence electrons. The van der Waals surface area contributed by atoms with Gasteiger partial charge in [-0.1, -0.05) is 17.2 Å². The third-order valence-corrected chi connectivity index (χ3v) is 2.92. The number of methoxy groups -OCH3 is 1. The number of carbonyl (C=O) groups excluding carboxylic acids is 1. The number of H-pyrrole nitrogens is 1. The predicted molar refractivity (Wildman–Crippen MR) is 78.5 cm³/mol. The van der Waals surface area contributed by atoms with Gasteiger partial charge in [0.2, 0.25) is 6.33 Å². The van der Waals surface area contributed by atoms with E-state index in [-0.39, 0.29) is 5.97 Å². The summed E-state index contributed by atoms with van der Waals surface area (Å²) in [6.07, 6.45) is 3.27. The Bertz CT molecular complexity index is 825. The van der Waals surface area contributed by atoms with Crippen molar-refractivity contribution in [1.82, 2.24) is 15.3 Å². The summed E-state index contributed by atoms with van der Waals surface area (Å²) in [5.41, 5.74) is 4.88. The summed E-state index contributed by atoms with van der Waals surface area (Å²) in [7, 11) is 1.35. The number of aromatic nitrogens is 4. The molecule has 1 aromatic carbocycles. The molecule has 0 fully saturated rings. The number of nitrogens with zero attached hydrogens (tertiary/aromatic N) is 4. The van der Waals surface area contributed by atoms with E-state index in [9.17, 15) is 4.79 Å². The van der Waals surface area contributed by atoms with Crippen LogP contribution >= 0.6 is 0 Å². The van der Waals surface area contributed by atoms with Crippen molar-refractivity contribution in [2.45, 2.75) is 0 Å². The summed E-state index contributed by atoms with van der Waals surface area (Å²) in [6, 6.07) is 10.5. The van der Waals surface area contributed by atoms with Crippen LogP contribution in [0.4, 0.5) is 5.82 Å². The van der Waals surface area contributed by atoms with Gasteiger partial charge in [-0.05, 0) is 23.8 Å². The minimum Gasteiger partial charge on any atom is -0.465 e. The summed E-state index contributed by atoms with van der Waals surface area (Å²) >= 11 is 0. The van der Waals surface area contributed by atoms with E-state index in [2.05, 4.69) is 30.6 Å². The highest BCUT2D eigenvalue weighted by Crippen LogP contribution is 2.04.